The maximum absolute atomic E-state index is 12.7. The molecule has 6 amide bonds. The lowest BCUT2D eigenvalue weighted by Gasteiger charge is -2.24. The molecule has 0 radical (unpaired) electrons. The van der Waals surface area contributed by atoms with Gasteiger partial charge in [0.25, 0.3) is 5.91 Å². The van der Waals surface area contributed by atoms with E-state index in [-0.39, 0.29) is 11.9 Å². The van der Waals surface area contributed by atoms with Gasteiger partial charge in [0.15, 0.2) is 0 Å². The average molecular weight is 350 g/mol. The molecule has 3 aliphatic rings. The lowest BCUT2D eigenvalue weighted by atomic mass is 9.90. The molecular weight excluding hydrogens is 324 g/mol. The highest BCUT2D eigenvalue weighted by Crippen LogP contribution is 2.32. The number of rotatable bonds is 3. The fraction of sp³-hybridized carbons (Fsp3) is 0.765. The van der Waals surface area contributed by atoms with Crippen molar-refractivity contribution in [1.82, 2.24) is 20.9 Å². The first-order valence-corrected chi connectivity index (χ1v) is 9.25. The van der Waals surface area contributed by atoms with Crippen molar-refractivity contribution >= 4 is 23.9 Å². The molecule has 138 valence electrons. The summed E-state index contributed by atoms with van der Waals surface area (Å²) in [5.41, 5.74) is -0.861. The second kappa shape index (κ2) is 7.41. The zero-order valence-electron chi connectivity index (χ0n) is 14.4. The molecule has 3 fully saturated rings. The topological polar surface area (TPSA) is 108 Å². The third-order valence-corrected chi connectivity index (χ3v) is 5.45. The van der Waals surface area contributed by atoms with Crippen molar-refractivity contribution in [3.63, 3.8) is 0 Å². The highest BCUT2D eigenvalue weighted by molar-refractivity contribution is 6.10. The molecule has 0 atom stereocenters. The first-order chi connectivity index (χ1) is 12.0. The van der Waals surface area contributed by atoms with E-state index in [0.29, 0.717) is 12.8 Å². The summed E-state index contributed by atoms with van der Waals surface area (Å²) in [6, 6.07) is -1.01. The number of urea groups is 2. The number of amides is 6. The molecule has 0 aromatic heterocycles. The van der Waals surface area contributed by atoms with Crippen molar-refractivity contribution in [2.75, 3.05) is 6.54 Å². The smallest absolute Gasteiger partial charge is 0.325 e. The van der Waals surface area contributed by atoms with Crippen LogP contribution >= 0.6 is 0 Å². The number of hydrogen-bond acceptors (Lipinski definition) is 4. The largest absolute Gasteiger partial charge is 0.335 e. The van der Waals surface area contributed by atoms with Gasteiger partial charge in [-0.2, -0.15) is 0 Å². The number of carbonyl (C=O) groups is 4. The van der Waals surface area contributed by atoms with Gasteiger partial charge in [-0.3, -0.25) is 19.8 Å². The van der Waals surface area contributed by atoms with Crippen molar-refractivity contribution in [3.8, 4) is 0 Å². The van der Waals surface area contributed by atoms with Crippen molar-refractivity contribution in [1.29, 1.82) is 0 Å². The fourth-order valence-electron chi connectivity index (χ4n) is 4.09. The van der Waals surface area contributed by atoms with Crippen molar-refractivity contribution in [2.45, 2.75) is 75.8 Å². The third kappa shape index (κ3) is 3.93. The lowest BCUT2D eigenvalue weighted by molar-refractivity contribution is -0.135. The van der Waals surface area contributed by atoms with Crippen LogP contribution in [0.5, 0.6) is 0 Å². The van der Waals surface area contributed by atoms with Gasteiger partial charge >= 0.3 is 12.1 Å². The summed E-state index contributed by atoms with van der Waals surface area (Å²) < 4.78 is 0. The molecule has 3 N–H and O–H groups in total. The van der Waals surface area contributed by atoms with Crippen LogP contribution in [0.25, 0.3) is 0 Å². The number of carbonyl (C=O) groups excluding carboxylic acids is 4. The molecule has 2 aliphatic carbocycles. The highest BCUT2D eigenvalue weighted by Gasteiger charge is 2.51. The standard InChI is InChI=1S/C17H26N4O4/c22-13(19-15(24)18-12-7-3-4-8-12)11-21-14(23)17(20-16(21)25)9-5-1-2-6-10-17/h12H,1-11H2,(H,20,25)(H2,18,19,22,24). The van der Waals surface area contributed by atoms with E-state index >= 15 is 0 Å². The molecule has 0 bridgehead atoms. The molecule has 1 spiro atoms. The second-order valence-corrected chi connectivity index (χ2v) is 7.32. The molecule has 0 unspecified atom stereocenters. The fourth-order valence-corrected chi connectivity index (χ4v) is 4.09. The van der Waals surface area contributed by atoms with Crippen LogP contribution in [0.1, 0.15) is 64.2 Å². The molecular formula is C17H26N4O4. The summed E-state index contributed by atoms with van der Waals surface area (Å²) in [6.45, 7) is -0.426. The molecule has 1 saturated heterocycles. The Morgan fingerprint density at radius 3 is 2.32 bits per heavy atom. The molecule has 25 heavy (non-hydrogen) atoms. The van der Waals surface area contributed by atoms with E-state index < -0.39 is 30.1 Å². The van der Waals surface area contributed by atoms with Gasteiger partial charge in [-0.05, 0) is 25.7 Å². The van der Waals surface area contributed by atoms with Gasteiger partial charge in [0.2, 0.25) is 5.91 Å². The number of nitrogens with zero attached hydrogens (tertiary/aromatic N) is 1. The Balaban J connectivity index is 1.54. The maximum atomic E-state index is 12.7. The Morgan fingerprint density at radius 1 is 1.04 bits per heavy atom. The molecule has 3 rings (SSSR count). The van der Waals surface area contributed by atoms with Crippen molar-refractivity contribution in [3.05, 3.63) is 0 Å². The van der Waals surface area contributed by atoms with Crippen LogP contribution in [0, 0.1) is 0 Å². The van der Waals surface area contributed by atoms with Crippen LogP contribution in [0.4, 0.5) is 9.59 Å². The highest BCUT2D eigenvalue weighted by atomic mass is 16.2. The molecule has 0 aromatic rings. The number of hydrogen-bond donors (Lipinski definition) is 3. The van der Waals surface area contributed by atoms with E-state index in [1.807, 2.05) is 0 Å². The van der Waals surface area contributed by atoms with E-state index in [9.17, 15) is 19.2 Å². The Hall–Kier alpha value is -2.12. The van der Waals surface area contributed by atoms with E-state index in [0.717, 1.165) is 56.3 Å². The summed E-state index contributed by atoms with van der Waals surface area (Å²) in [5.74, 6) is -0.990. The number of nitrogens with one attached hydrogen (secondary N) is 3. The monoisotopic (exact) mass is 350 g/mol. The van der Waals surface area contributed by atoms with Crippen LogP contribution < -0.4 is 16.0 Å². The van der Waals surface area contributed by atoms with E-state index in [1.165, 1.54) is 0 Å². The van der Waals surface area contributed by atoms with Gasteiger partial charge in [-0.1, -0.05) is 38.5 Å². The minimum Gasteiger partial charge on any atom is -0.335 e. The summed E-state index contributed by atoms with van der Waals surface area (Å²) in [7, 11) is 0. The summed E-state index contributed by atoms with van der Waals surface area (Å²) >= 11 is 0. The second-order valence-electron chi connectivity index (χ2n) is 7.32. The summed E-state index contributed by atoms with van der Waals surface area (Å²) in [5, 5.41) is 7.75. The van der Waals surface area contributed by atoms with Gasteiger partial charge < -0.3 is 10.6 Å². The zero-order chi connectivity index (χ0) is 17.9. The minimum atomic E-state index is -0.861. The SMILES string of the molecule is O=C(CN1C(=O)NC2(CCCCCC2)C1=O)NC(=O)NC1CCCC1. The predicted octanol–water partition coefficient (Wildman–Crippen LogP) is 1.40. The molecule has 1 heterocycles. The Labute approximate surface area is 147 Å². The van der Waals surface area contributed by atoms with Crippen LogP contribution in [-0.4, -0.2) is 46.9 Å². The Bertz CT molecular complexity index is 563. The normalized spacial score (nSPS) is 23.4. The van der Waals surface area contributed by atoms with Crippen LogP contribution in [0.3, 0.4) is 0 Å². The van der Waals surface area contributed by atoms with Gasteiger partial charge in [0.05, 0.1) is 0 Å². The van der Waals surface area contributed by atoms with E-state index in [2.05, 4.69) is 16.0 Å². The van der Waals surface area contributed by atoms with Gasteiger partial charge in [-0.25, -0.2) is 9.59 Å². The van der Waals surface area contributed by atoms with E-state index in [1.54, 1.807) is 0 Å². The Kier molecular flexibility index (Phi) is 5.24. The quantitative estimate of drug-likeness (QED) is 0.669. The minimum absolute atomic E-state index is 0.0961. The lowest BCUT2D eigenvalue weighted by Crippen LogP contribution is -2.49. The Morgan fingerprint density at radius 2 is 1.68 bits per heavy atom. The molecule has 8 nitrogen and oxygen atoms in total. The average Bonchev–Trinajstić information content (AvgIpc) is 3.04. The third-order valence-electron chi connectivity index (χ3n) is 5.45. The molecule has 2 saturated carbocycles. The van der Waals surface area contributed by atoms with E-state index in [4.69, 9.17) is 0 Å². The zero-order valence-corrected chi connectivity index (χ0v) is 14.4. The molecule has 0 aromatic carbocycles. The first kappa shape index (κ1) is 17.7. The summed E-state index contributed by atoms with van der Waals surface area (Å²) in [6.07, 6.45) is 9.06. The van der Waals surface area contributed by atoms with Gasteiger partial charge in [-0.15, -0.1) is 0 Å². The predicted molar refractivity (Wildman–Crippen MR) is 89.6 cm³/mol. The van der Waals surface area contributed by atoms with Gasteiger partial charge in [0, 0.05) is 6.04 Å². The summed E-state index contributed by atoms with van der Waals surface area (Å²) in [4.78, 5) is 49.7. The van der Waals surface area contributed by atoms with Gasteiger partial charge in [0.1, 0.15) is 12.1 Å². The van der Waals surface area contributed by atoms with Crippen LogP contribution in [0.15, 0.2) is 0 Å². The van der Waals surface area contributed by atoms with Crippen LogP contribution in [-0.2, 0) is 9.59 Å². The maximum Gasteiger partial charge on any atom is 0.325 e. The van der Waals surface area contributed by atoms with Crippen molar-refractivity contribution in [2.24, 2.45) is 0 Å². The first-order valence-electron chi connectivity index (χ1n) is 9.25. The van der Waals surface area contributed by atoms with Crippen LogP contribution in [0.2, 0.25) is 0 Å². The number of imide groups is 2. The molecule has 1 aliphatic heterocycles. The van der Waals surface area contributed by atoms with Crippen molar-refractivity contribution < 1.29 is 19.2 Å². The molecule has 8 heteroatoms.